The van der Waals surface area contributed by atoms with E-state index in [2.05, 4.69) is 4.98 Å². The Bertz CT molecular complexity index is 1120. The van der Waals surface area contributed by atoms with Crippen molar-refractivity contribution in [3.63, 3.8) is 0 Å². The fraction of sp³-hybridized carbons (Fsp3) is 0.320. The van der Waals surface area contributed by atoms with Crippen LogP contribution in [0.1, 0.15) is 29.3 Å². The zero-order valence-electron chi connectivity index (χ0n) is 18.2. The third-order valence-corrected chi connectivity index (χ3v) is 5.69. The van der Waals surface area contributed by atoms with Crippen molar-refractivity contribution in [2.75, 3.05) is 19.7 Å². The maximum atomic E-state index is 13.3. The van der Waals surface area contributed by atoms with Gasteiger partial charge in [-0.3, -0.25) is 4.90 Å². The summed E-state index contributed by atoms with van der Waals surface area (Å²) in [5.41, 5.74) is 1.33. The van der Waals surface area contributed by atoms with Crippen LogP contribution in [-0.2, 0) is 12.7 Å². The lowest BCUT2D eigenvalue weighted by Gasteiger charge is -2.19. The van der Waals surface area contributed by atoms with Gasteiger partial charge in [0.2, 0.25) is 0 Å². The highest BCUT2D eigenvalue weighted by Gasteiger charge is 2.32. The van der Waals surface area contributed by atoms with Crippen molar-refractivity contribution in [1.82, 2.24) is 9.88 Å². The molecule has 2 aromatic carbocycles. The summed E-state index contributed by atoms with van der Waals surface area (Å²) in [7, 11) is 0. The molecule has 0 spiro atoms. The molecule has 9 heteroatoms. The summed E-state index contributed by atoms with van der Waals surface area (Å²) in [6.45, 7) is 0.803. The molecule has 1 fully saturated rings. The summed E-state index contributed by atoms with van der Waals surface area (Å²) < 4.78 is 45.8. The Morgan fingerprint density at radius 2 is 1.85 bits per heavy atom. The highest BCUT2D eigenvalue weighted by atomic mass is 19.4. The fourth-order valence-electron chi connectivity index (χ4n) is 3.89. The second-order valence-corrected chi connectivity index (χ2v) is 8.27. The van der Waals surface area contributed by atoms with Gasteiger partial charge < -0.3 is 20.1 Å². The molecule has 1 aliphatic rings. The van der Waals surface area contributed by atoms with E-state index < -0.39 is 30.6 Å². The number of nitrogens with zero attached hydrogens (tertiary/aromatic N) is 2. The van der Waals surface area contributed by atoms with Gasteiger partial charge in [0.1, 0.15) is 17.6 Å². The first-order chi connectivity index (χ1) is 16.2. The molecule has 3 aromatic rings. The van der Waals surface area contributed by atoms with Gasteiger partial charge in [-0.2, -0.15) is 13.2 Å². The summed E-state index contributed by atoms with van der Waals surface area (Å²) >= 11 is 0. The van der Waals surface area contributed by atoms with Gasteiger partial charge in [-0.15, -0.1) is 0 Å². The van der Waals surface area contributed by atoms with Crippen molar-refractivity contribution in [3.05, 3.63) is 77.5 Å². The molecular weight excluding hydrogens is 449 g/mol. The largest absolute Gasteiger partial charge is 0.457 e. The van der Waals surface area contributed by atoms with Crippen LogP contribution < -0.4 is 4.74 Å². The zero-order valence-corrected chi connectivity index (χ0v) is 18.2. The monoisotopic (exact) mass is 474 g/mol. The third-order valence-electron chi connectivity index (χ3n) is 5.69. The molecule has 2 heterocycles. The van der Waals surface area contributed by atoms with E-state index in [1.807, 2.05) is 4.90 Å². The predicted molar refractivity (Wildman–Crippen MR) is 119 cm³/mol. The number of alkyl halides is 3. The second-order valence-electron chi connectivity index (χ2n) is 8.27. The fourth-order valence-corrected chi connectivity index (χ4v) is 3.89. The number of β-amino-alcohol motifs (C(OH)–C–C–N with tert-alkyl or cyclic N) is 1. The number of rotatable bonds is 7. The van der Waals surface area contributed by atoms with Crippen LogP contribution in [0, 0.1) is 0 Å². The lowest BCUT2D eigenvalue weighted by molar-refractivity contribution is -0.137. The van der Waals surface area contributed by atoms with Gasteiger partial charge in [0.15, 0.2) is 0 Å². The minimum atomic E-state index is -4.47. The van der Waals surface area contributed by atoms with Gasteiger partial charge in [0, 0.05) is 30.8 Å². The number of aromatic nitrogens is 1. The SMILES string of the molecule is OC[C@@H](O)c1cccc(-c2ccc(Oc3ccc(C(F)(F)F)cc3CN3CC[C@H](O)C3)cc2)n1. The lowest BCUT2D eigenvalue weighted by atomic mass is 10.1. The molecule has 2 atom stereocenters. The van der Waals surface area contributed by atoms with Crippen molar-refractivity contribution < 1.29 is 33.2 Å². The number of halogens is 3. The number of hydrogen-bond acceptors (Lipinski definition) is 6. The number of pyridine rings is 1. The van der Waals surface area contributed by atoms with Gasteiger partial charge >= 0.3 is 6.18 Å². The van der Waals surface area contributed by atoms with Crippen molar-refractivity contribution in [2.24, 2.45) is 0 Å². The number of benzene rings is 2. The molecular formula is C25H25F3N2O4. The first-order valence-electron chi connectivity index (χ1n) is 10.9. The molecule has 0 bridgehead atoms. The first-order valence-corrected chi connectivity index (χ1v) is 10.9. The van der Waals surface area contributed by atoms with Crippen molar-refractivity contribution in [3.8, 4) is 22.8 Å². The molecule has 0 unspecified atom stereocenters. The molecule has 0 radical (unpaired) electrons. The van der Waals surface area contributed by atoms with Gasteiger partial charge in [-0.25, -0.2) is 4.98 Å². The molecule has 6 nitrogen and oxygen atoms in total. The first kappa shape index (κ1) is 24.2. The molecule has 180 valence electrons. The van der Waals surface area contributed by atoms with Crippen LogP contribution in [0.15, 0.2) is 60.7 Å². The van der Waals surface area contributed by atoms with Gasteiger partial charge in [-0.1, -0.05) is 6.07 Å². The zero-order chi connectivity index (χ0) is 24.3. The van der Waals surface area contributed by atoms with Crippen LogP contribution >= 0.6 is 0 Å². The van der Waals surface area contributed by atoms with E-state index in [9.17, 15) is 23.4 Å². The maximum Gasteiger partial charge on any atom is 0.416 e. The standard InChI is InChI=1S/C25H25F3N2O4/c26-25(27,28)18-6-9-24(17(12-18)13-30-11-10-19(32)14-30)34-20-7-4-16(5-8-20)21-2-1-3-22(29-21)23(33)15-31/h1-9,12,19,23,31-33H,10-11,13-15H2/t19-,23+/m0/s1. The second kappa shape index (κ2) is 10.1. The maximum absolute atomic E-state index is 13.3. The number of ether oxygens (including phenoxy) is 1. The Morgan fingerprint density at radius 1 is 1.09 bits per heavy atom. The Hall–Kier alpha value is -2.98. The van der Waals surface area contributed by atoms with Gasteiger partial charge in [-0.05, 0) is 61.0 Å². The van der Waals surface area contributed by atoms with E-state index in [4.69, 9.17) is 9.84 Å². The quantitative estimate of drug-likeness (QED) is 0.477. The Kier molecular flexibility index (Phi) is 7.18. The minimum absolute atomic E-state index is 0.234. The van der Waals surface area contributed by atoms with E-state index >= 15 is 0 Å². The summed E-state index contributed by atoms with van der Waals surface area (Å²) in [4.78, 5) is 6.25. The molecule has 1 aliphatic heterocycles. The summed E-state index contributed by atoms with van der Waals surface area (Å²) in [6, 6.07) is 15.4. The van der Waals surface area contributed by atoms with Crippen LogP contribution in [-0.4, -0.2) is 51.0 Å². The van der Waals surface area contributed by atoms with Crippen LogP contribution in [0.3, 0.4) is 0 Å². The Balaban J connectivity index is 1.56. The van der Waals surface area contributed by atoms with Crippen LogP contribution in [0.2, 0.25) is 0 Å². The van der Waals surface area contributed by atoms with E-state index in [0.29, 0.717) is 48.0 Å². The smallest absolute Gasteiger partial charge is 0.416 e. The lowest BCUT2D eigenvalue weighted by Crippen LogP contribution is -2.22. The van der Waals surface area contributed by atoms with E-state index in [-0.39, 0.29) is 6.54 Å². The summed E-state index contributed by atoms with van der Waals surface area (Å²) in [5, 5.41) is 28.7. The van der Waals surface area contributed by atoms with Crippen molar-refractivity contribution >= 4 is 0 Å². The number of aliphatic hydroxyl groups is 3. The summed E-state index contributed by atoms with van der Waals surface area (Å²) in [6.07, 6.45) is -5.43. The Morgan fingerprint density at radius 3 is 2.50 bits per heavy atom. The van der Waals surface area contributed by atoms with E-state index in [1.54, 1.807) is 42.5 Å². The average molecular weight is 474 g/mol. The van der Waals surface area contributed by atoms with Gasteiger partial charge in [0.25, 0.3) is 0 Å². The average Bonchev–Trinajstić information content (AvgIpc) is 3.24. The molecule has 0 saturated carbocycles. The minimum Gasteiger partial charge on any atom is -0.457 e. The molecule has 4 rings (SSSR count). The molecule has 3 N–H and O–H groups in total. The number of hydrogen-bond donors (Lipinski definition) is 3. The Labute approximate surface area is 194 Å². The van der Waals surface area contributed by atoms with E-state index in [1.165, 1.54) is 6.07 Å². The topological polar surface area (TPSA) is 86.0 Å². The molecule has 0 aliphatic carbocycles. The van der Waals surface area contributed by atoms with Crippen LogP contribution in [0.4, 0.5) is 13.2 Å². The normalized spacial score (nSPS) is 17.6. The van der Waals surface area contributed by atoms with E-state index in [0.717, 1.165) is 17.7 Å². The van der Waals surface area contributed by atoms with Gasteiger partial charge in [0.05, 0.1) is 29.7 Å². The molecule has 1 saturated heterocycles. The van der Waals surface area contributed by atoms with Crippen molar-refractivity contribution in [1.29, 1.82) is 0 Å². The number of aliphatic hydroxyl groups excluding tert-OH is 3. The van der Waals surface area contributed by atoms with Crippen LogP contribution in [0.5, 0.6) is 11.5 Å². The number of likely N-dealkylation sites (tertiary alicyclic amines) is 1. The molecule has 34 heavy (non-hydrogen) atoms. The highest BCUT2D eigenvalue weighted by Crippen LogP contribution is 2.35. The third kappa shape index (κ3) is 5.74. The molecule has 0 amide bonds. The predicted octanol–water partition coefficient (Wildman–Crippen LogP) is 4.15. The molecule has 1 aromatic heterocycles. The summed E-state index contributed by atoms with van der Waals surface area (Å²) in [5.74, 6) is 0.756. The van der Waals surface area contributed by atoms with Crippen LogP contribution in [0.25, 0.3) is 11.3 Å². The van der Waals surface area contributed by atoms with Crippen molar-refractivity contribution in [2.45, 2.75) is 31.3 Å². The highest BCUT2D eigenvalue weighted by molar-refractivity contribution is 5.60.